The molecule has 0 saturated carbocycles. The third-order valence-corrected chi connectivity index (χ3v) is 4.32. The summed E-state index contributed by atoms with van der Waals surface area (Å²) >= 11 is 0. The van der Waals surface area contributed by atoms with Crippen molar-refractivity contribution in [1.82, 2.24) is 4.90 Å². The molecule has 2 aromatic rings. The van der Waals surface area contributed by atoms with Crippen LogP contribution in [0, 0.1) is 17.0 Å². The summed E-state index contributed by atoms with van der Waals surface area (Å²) < 4.78 is 0. The van der Waals surface area contributed by atoms with Crippen LogP contribution in [0.2, 0.25) is 0 Å². The second-order valence-corrected chi connectivity index (χ2v) is 5.97. The van der Waals surface area contributed by atoms with Crippen LogP contribution in [-0.4, -0.2) is 16.4 Å². The molecule has 0 amide bonds. The topological polar surface area (TPSA) is 46.4 Å². The standard InChI is InChI=1S/C18H20N2O2/c1-14-4-2-5-16(12-14)18-6-3-11-19(18)13-15-7-9-17(10-8-15)20(21)22/h2,4-5,7-10,12,18H,3,6,11,13H2,1H3. The maximum absolute atomic E-state index is 10.7. The average molecular weight is 296 g/mol. The zero-order valence-corrected chi connectivity index (χ0v) is 12.7. The molecule has 4 heteroatoms. The van der Waals surface area contributed by atoms with Crippen LogP contribution in [0.1, 0.15) is 35.6 Å². The smallest absolute Gasteiger partial charge is 0.269 e. The lowest BCUT2D eigenvalue weighted by atomic mass is 10.0. The first-order valence-corrected chi connectivity index (χ1v) is 7.67. The van der Waals surface area contributed by atoms with Gasteiger partial charge in [0.25, 0.3) is 5.69 Å². The highest BCUT2D eigenvalue weighted by Crippen LogP contribution is 2.33. The van der Waals surface area contributed by atoms with Crippen molar-refractivity contribution in [2.45, 2.75) is 32.4 Å². The molecule has 0 radical (unpaired) electrons. The number of hydrogen-bond acceptors (Lipinski definition) is 3. The van der Waals surface area contributed by atoms with Crippen molar-refractivity contribution in [3.05, 3.63) is 75.3 Å². The minimum absolute atomic E-state index is 0.153. The number of nitro groups is 1. The minimum atomic E-state index is -0.352. The molecular formula is C18H20N2O2. The summed E-state index contributed by atoms with van der Waals surface area (Å²) in [5.74, 6) is 0. The predicted molar refractivity (Wildman–Crippen MR) is 86.7 cm³/mol. The average Bonchev–Trinajstić information content (AvgIpc) is 2.96. The van der Waals surface area contributed by atoms with Crippen molar-refractivity contribution in [1.29, 1.82) is 0 Å². The number of nitro benzene ring substituents is 1. The lowest BCUT2D eigenvalue weighted by Gasteiger charge is -2.25. The van der Waals surface area contributed by atoms with E-state index in [9.17, 15) is 10.1 Å². The molecule has 0 aromatic heterocycles. The zero-order chi connectivity index (χ0) is 15.5. The number of likely N-dealkylation sites (tertiary alicyclic amines) is 1. The Labute approximate surface area is 130 Å². The molecule has 1 unspecified atom stereocenters. The second kappa shape index (κ2) is 6.28. The molecule has 0 bridgehead atoms. The maximum Gasteiger partial charge on any atom is 0.269 e. The first-order chi connectivity index (χ1) is 10.6. The Morgan fingerprint density at radius 2 is 2.00 bits per heavy atom. The van der Waals surface area contributed by atoms with Gasteiger partial charge in [-0.15, -0.1) is 0 Å². The van der Waals surface area contributed by atoms with Crippen molar-refractivity contribution in [2.75, 3.05) is 6.54 Å². The molecule has 22 heavy (non-hydrogen) atoms. The first kappa shape index (κ1) is 14.7. The van der Waals surface area contributed by atoms with E-state index < -0.39 is 0 Å². The van der Waals surface area contributed by atoms with E-state index in [1.54, 1.807) is 12.1 Å². The number of rotatable bonds is 4. The lowest BCUT2D eigenvalue weighted by molar-refractivity contribution is -0.384. The van der Waals surface area contributed by atoms with Gasteiger partial charge in [0.15, 0.2) is 0 Å². The first-order valence-electron chi connectivity index (χ1n) is 7.67. The fraction of sp³-hybridized carbons (Fsp3) is 0.333. The SMILES string of the molecule is Cc1cccc(C2CCCN2Cc2ccc([N+](=O)[O-])cc2)c1. The Hall–Kier alpha value is -2.20. The summed E-state index contributed by atoms with van der Waals surface area (Å²) in [5, 5.41) is 10.7. The van der Waals surface area contributed by atoms with Gasteiger partial charge in [0.2, 0.25) is 0 Å². The van der Waals surface area contributed by atoms with Gasteiger partial charge >= 0.3 is 0 Å². The third kappa shape index (κ3) is 3.17. The highest BCUT2D eigenvalue weighted by atomic mass is 16.6. The molecule has 3 rings (SSSR count). The number of benzene rings is 2. The summed E-state index contributed by atoms with van der Waals surface area (Å²) in [7, 11) is 0. The molecule has 114 valence electrons. The van der Waals surface area contributed by atoms with Crippen LogP contribution in [0.3, 0.4) is 0 Å². The lowest BCUT2D eigenvalue weighted by Crippen LogP contribution is -2.22. The maximum atomic E-state index is 10.7. The van der Waals surface area contributed by atoms with Crippen LogP contribution < -0.4 is 0 Å². The largest absolute Gasteiger partial charge is 0.292 e. The van der Waals surface area contributed by atoms with Crippen molar-refractivity contribution in [3.8, 4) is 0 Å². The summed E-state index contributed by atoms with van der Waals surface area (Å²) in [6.07, 6.45) is 2.38. The molecule has 1 saturated heterocycles. The van der Waals surface area contributed by atoms with Crippen LogP contribution in [-0.2, 0) is 6.54 Å². The van der Waals surface area contributed by atoms with Gasteiger partial charge in [-0.25, -0.2) is 0 Å². The van der Waals surface area contributed by atoms with Gasteiger partial charge in [0.1, 0.15) is 0 Å². The monoisotopic (exact) mass is 296 g/mol. The van der Waals surface area contributed by atoms with Crippen molar-refractivity contribution in [2.24, 2.45) is 0 Å². The van der Waals surface area contributed by atoms with Gasteiger partial charge in [0, 0.05) is 24.7 Å². The highest BCUT2D eigenvalue weighted by Gasteiger charge is 2.25. The van der Waals surface area contributed by atoms with Crippen LogP contribution in [0.15, 0.2) is 48.5 Å². The minimum Gasteiger partial charge on any atom is -0.292 e. The van der Waals surface area contributed by atoms with Gasteiger partial charge in [-0.3, -0.25) is 15.0 Å². The molecule has 0 aliphatic carbocycles. The van der Waals surface area contributed by atoms with Gasteiger partial charge in [-0.05, 0) is 37.4 Å². The summed E-state index contributed by atoms with van der Waals surface area (Å²) in [6.45, 7) is 4.05. The van der Waals surface area contributed by atoms with E-state index in [1.165, 1.54) is 24.0 Å². The molecule has 0 N–H and O–H groups in total. The Kier molecular flexibility index (Phi) is 4.20. The van der Waals surface area contributed by atoms with Crippen molar-refractivity contribution >= 4 is 5.69 Å². The van der Waals surface area contributed by atoms with E-state index in [0.717, 1.165) is 18.7 Å². The predicted octanol–water partition coefficient (Wildman–Crippen LogP) is 4.24. The Balaban J connectivity index is 1.75. The molecule has 1 aliphatic heterocycles. The van der Waals surface area contributed by atoms with E-state index in [4.69, 9.17) is 0 Å². The van der Waals surface area contributed by atoms with Crippen LogP contribution in [0.25, 0.3) is 0 Å². The molecule has 4 nitrogen and oxygen atoms in total. The summed E-state index contributed by atoms with van der Waals surface area (Å²) in [4.78, 5) is 12.8. The van der Waals surface area contributed by atoms with Gasteiger partial charge in [0.05, 0.1) is 4.92 Å². The normalized spacial score (nSPS) is 18.5. The fourth-order valence-corrected chi connectivity index (χ4v) is 3.23. The number of nitrogens with zero attached hydrogens (tertiary/aromatic N) is 2. The third-order valence-electron chi connectivity index (χ3n) is 4.32. The summed E-state index contributed by atoms with van der Waals surface area (Å²) in [5.41, 5.74) is 3.95. The van der Waals surface area contributed by atoms with E-state index in [-0.39, 0.29) is 10.6 Å². The van der Waals surface area contributed by atoms with Gasteiger partial charge in [-0.2, -0.15) is 0 Å². The van der Waals surface area contributed by atoms with E-state index >= 15 is 0 Å². The Morgan fingerprint density at radius 3 is 2.68 bits per heavy atom. The van der Waals surface area contributed by atoms with Crippen LogP contribution in [0.4, 0.5) is 5.69 Å². The highest BCUT2D eigenvalue weighted by molar-refractivity contribution is 5.33. The van der Waals surface area contributed by atoms with Crippen molar-refractivity contribution < 1.29 is 4.92 Å². The molecule has 1 fully saturated rings. The molecule has 1 atom stereocenters. The van der Waals surface area contributed by atoms with Crippen LogP contribution in [0.5, 0.6) is 0 Å². The molecule has 2 aromatic carbocycles. The molecule has 1 aliphatic rings. The number of hydrogen-bond donors (Lipinski definition) is 0. The Bertz CT molecular complexity index is 667. The van der Waals surface area contributed by atoms with E-state index in [1.807, 2.05) is 12.1 Å². The van der Waals surface area contributed by atoms with E-state index in [0.29, 0.717) is 6.04 Å². The molecule has 0 spiro atoms. The fourth-order valence-electron chi connectivity index (χ4n) is 3.23. The number of non-ortho nitro benzene ring substituents is 1. The second-order valence-electron chi connectivity index (χ2n) is 5.97. The van der Waals surface area contributed by atoms with Gasteiger partial charge < -0.3 is 0 Å². The Morgan fingerprint density at radius 1 is 1.23 bits per heavy atom. The van der Waals surface area contributed by atoms with Crippen molar-refractivity contribution in [3.63, 3.8) is 0 Å². The van der Waals surface area contributed by atoms with E-state index in [2.05, 4.69) is 36.1 Å². The summed E-state index contributed by atoms with van der Waals surface area (Å²) in [6, 6.07) is 16.1. The quantitative estimate of drug-likeness (QED) is 0.626. The van der Waals surface area contributed by atoms with Crippen LogP contribution >= 0.6 is 0 Å². The number of aryl methyl sites for hydroxylation is 1. The molecular weight excluding hydrogens is 276 g/mol. The van der Waals surface area contributed by atoms with Gasteiger partial charge in [-0.1, -0.05) is 42.0 Å². The zero-order valence-electron chi connectivity index (χ0n) is 12.7. The molecule has 1 heterocycles.